The Morgan fingerprint density at radius 3 is 2.75 bits per heavy atom. The van der Waals surface area contributed by atoms with E-state index in [0.717, 1.165) is 0 Å². The van der Waals surface area contributed by atoms with E-state index in [1.807, 2.05) is 0 Å². The third kappa shape index (κ3) is 4.61. The normalized spacial score (nSPS) is 13.5. The maximum Gasteiger partial charge on any atom is 0.282 e. The first-order valence-electron chi connectivity index (χ1n) is 5.96. The van der Waals surface area contributed by atoms with Gasteiger partial charge in [0.15, 0.2) is 0 Å². The predicted octanol–water partition coefficient (Wildman–Crippen LogP) is 1.06. The Morgan fingerprint density at radius 1 is 1.55 bits per heavy atom. The summed E-state index contributed by atoms with van der Waals surface area (Å²) in [6, 6.07) is 3.62. The number of nitrogens with zero attached hydrogens (tertiary/aromatic N) is 1. The molecular formula is C12H17N3O4S. The first-order valence-corrected chi connectivity index (χ1v) is 7.68. The topological polar surface area (TPSA) is 115 Å². The van der Waals surface area contributed by atoms with Gasteiger partial charge in [-0.3, -0.25) is 19.1 Å². The Balaban J connectivity index is 2.84. The molecule has 0 aromatic heterocycles. The fourth-order valence-electron chi connectivity index (χ4n) is 1.61. The van der Waals surface area contributed by atoms with Gasteiger partial charge in [0.1, 0.15) is 5.56 Å². The zero-order valence-electron chi connectivity index (χ0n) is 11.3. The van der Waals surface area contributed by atoms with Crippen molar-refractivity contribution in [3.05, 3.63) is 33.9 Å². The molecule has 1 amide bonds. The molecule has 0 bridgehead atoms. The van der Waals surface area contributed by atoms with Crippen molar-refractivity contribution in [1.29, 1.82) is 0 Å². The lowest BCUT2D eigenvalue weighted by Gasteiger charge is -2.13. The van der Waals surface area contributed by atoms with Gasteiger partial charge in [0.25, 0.3) is 11.6 Å². The van der Waals surface area contributed by atoms with Crippen LogP contribution in [0.1, 0.15) is 23.7 Å². The highest BCUT2D eigenvalue weighted by Crippen LogP contribution is 2.21. The molecule has 0 aliphatic carbocycles. The van der Waals surface area contributed by atoms with E-state index in [9.17, 15) is 19.1 Å². The molecule has 20 heavy (non-hydrogen) atoms. The molecule has 0 aliphatic rings. The van der Waals surface area contributed by atoms with E-state index in [1.165, 1.54) is 18.2 Å². The molecule has 3 N–H and O–H groups in total. The molecule has 110 valence electrons. The fraction of sp³-hybridized carbons (Fsp3) is 0.417. The highest BCUT2D eigenvalue weighted by Gasteiger charge is 2.21. The van der Waals surface area contributed by atoms with Gasteiger partial charge in [-0.05, 0) is 25.5 Å². The molecule has 1 aromatic carbocycles. The standard InChI is InChI=1S/C12H17N3O4S/c1-8(5-6-20(2)19)14-12(16)10-7-9(13)3-4-11(10)15(17)18/h3-4,7-8H,5-6,13H2,1-2H3,(H,14,16). The molecule has 2 atom stereocenters. The van der Waals surface area contributed by atoms with Gasteiger partial charge in [0.05, 0.1) is 4.92 Å². The minimum absolute atomic E-state index is 0.0699. The molecule has 0 radical (unpaired) electrons. The Kier molecular flexibility index (Phi) is 5.63. The van der Waals surface area contributed by atoms with Crippen molar-refractivity contribution < 1.29 is 13.9 Å². The molecule has 8 heteroatoms. The second-order valence-corrected chi connectivity index (χ2v) is 6.03. The first kappa shape index (κ1) is 16.1. The minimum atomic E-state index is -0.940. The van der Waals surface area contributed by atoms with Crippen LogP contribution in [0.15, 0.2) is 18.2 Å². The second kappa shape index (κ2) is 6.99. The van der Waals surface area contributed by atoms with E-state index in [4.69, 9.17) is 5.73 Å². The smallest absolute Gasteiger partial charge is 0.282 e. The number of nitrogens with one attached hydrogen (secondary N) is 1. The van der Waals surface area contributed by atoms with Crippen molar-refractivity contribution in [2.45, 2.75) is 19.4 Å². The van der Waals surface area contributed by atoms with Crippen LogP contribution in [-0.2, 0) is 10.8 Å². The lowest BCUT2D eigenvalue weighted by Crippen LogP contribution is -2.34. The Labute approximate surface area is 119 Å². The molecule has 0 fully saturated rings. The van der Waals surface area contributed by atoms with Crippen molar-refractivity contribution in [2.75, 3.05) is 17.7 Å². The van der Waals surface area contributed by atoms with Crippen molar-refractivity contribution in [3.63, 3.8) is 0 Å². The maximum absolute atomic E-state index is 12.0. The molecule has 0 heterocycles. The van der Waals surface area contributed by atoms with E-state index < -0.39 is 21.6 Å². The summed E-state index contributed by atoms with van der Waals surface area (Å²) in [6.45, 7) is 1.75. The van der Waals surface area contributed by atoms with Crippen LogP contribution in [0, 0.1) is 10.1 Å². The monoisotopic (exact) mass is 299 g/mol. The average Bonchev–Trinajstić information content (AvgIpc) is 2.35. The average molecular weight is 299 g/mol. The Morgan fingerprint density at radius 2 is 2.20 bits per heavy atom. The number of carbonyl (C=O) groups excluding carboxylic acids is 1. The zero-order valence-corrected chi connectivity index (χ0v) is 12.1. The molecule has 1 aromatic rings. The first-order chi connectivity index (χ1) is 9.31. The molecule has 0 saturated carbocycles. The number of amides is 1. The highest BCUT2D eigenvalue weighted by atomic mass is 32.2. The molecule has 1 rings (SSSR count). The number of nitro benzene ring substituents is 1. The van der Waals surface area contributed by atoms with Gasteiger partial charge in [-0.1, -0.05) is 0 Å². The molecular weight excluding hydrogens is 282 g/mol. The van der Waals surface area contributed by atoms with E-state index in [-0.39, 0.29) is 23.0 Å². The number of nitro groups is 1. The van der Waals surface area contributed by atoms with Crippen LogP contribution >= 0.6 is 0 Å². The summed E-state index contributed by atoms with van der Waals surface area (Å²) in [5, 5.41) is 13.5. The van der Waals surface area contributed by atoms with E-state index in [2.05, 4.69) is 5.32 Å². The summed E-state index contributed by atoms with van der Waals surface area (Å²) in [6.07, 6.45) is 2.11. The Bertz CT molecular complexity index is 548. The zero-order chi connectivity index (χ0) is 15.3. The Hall–Kier alpha value is -1.96. The highest BCUT2D eigenvalue weighted by molar-refractivity contribution is 7.84. The van der Waals surface area contributed by atoms with Gasteiger partial charge in [-0.2, -0.15) is 0 Å². The number of nitrogen functional groups attached to an aromatic ring is 1. The van der Waals surface area contributed by atoms with Crippen LogP contribution in [-0.4, -0.2) is 33.1 Å². The third-order valence-corrected chi connectivity index (χ3v) is 3.49. The number of hydrogen-bond donors (Lipinski definition) is 2. The van der Waals surface area contributed by atoms with Gasteiger partial charge in [0.2, 0.25) is 0 Å². The predicted molar refractivity (Wildman–Crippen MR) is 78.0 cm³/mol. The summed E-state index contributed by atoms with van der Waals surface area (Å²) in [7, 11) is -0.940. The lowest BCUT2D eigenvalue weighted by molar-refractivity contribution is -0.385. The van der Waals surface area contributed by atoms with Gasteiger partial charge >= 0.3 is 0 Å². The van der Waals surface area contributed by atoms with Crippen LogP contribution < -0.4 is 11.1 Å². The quantitative estimate of drug-likeness (QED) is 0.463. The lowest BCUT2D eigenvalue weighted by atomic mass is 10.1. The number of nitrogens with two attached hydrogens (primary N) is 1. The van der Waals surface area contributed by atoms with Crippen LogP contribution in [0.25, 0.3) is 0 Å². The summed E-state index contributed by atoms with van der Waals surface area (Å²) in [5.41, 5.74) is 5.47. The van der Waals surface area contributed by atoms with Gasteiger partial charge in [0, 0.05) is 40.6 Å². The molecule has 0 spiro atoms. The van der Waals surface area contributed by atoms with Gasteiger partial charge < -0.3 is 11.1 Å². The van der Waals surface area contributed by atoms with Gasteiger partial charge in [-0.25, -0.2) is 0 Å². The van der Waals surface area contributed by atoms with E-state index in [0.29, 0.717) is 12.2 Å². The van der Waals surface area contributed by atoms with Crippen molar-refractivity contribution >= 4 is 28.1 Å². The number of benzene rings is 1. The summed E-state index contributed by atoms with van der Waals surface area (Å²) in [4.78, 5) is 22.3. The third-order valence-electron chi connectivity index (χ3n) is 2.68. The summed E-state index contributed by atoms with van der Waals surface area (Å²) >= 11 is 0. The van der Waals surface area contributed by atoms with Crippen molar-refractivity contribution in [2.24, 2.45) is 0 Å². The summed E-state index contributed by atoms with van der Waals surface area (Å²) < 4.78 is 11.0. The van der Waals surface area contributed by atoms with Crippen LogP contribution in [0.2, 0.25) is 0 Å². The maximum atomic E-state index is 12.0. The second-order valence-electron chi connectivity index (χ2n) is 4.47. The SMILES string of the molecule is CC(CCS(C)=O)NC(=O)c1cc(N)ccc1[N+](=O)[O-]. The minimum Gasteiger partial charge on any atom is -0.399 e. The van der Waals surface area contributed by atoms with Gasteiger partial charge in [-0.15, -0.1) is 0 Å². The molecule has 2 unspecified atom stereocenters. The van der Waals surface area contributed by atoms with Crippen molar-refractivity contribution in [1.82, 2.24) is 5.32 Å². The summed E-state index contributed by atoms with van der Waals surface area (Å²) in [5.74, 6) is -0.0983. The van der Waals surface area contributed by atoms with Crippen LogP contribution in [0.5, 0.6) is 0 Å². The van der Waals surface area contributed by atoms with Crippen LogP contribution in [0.3, 0.4) is 0 Å². The van der Waals surface area contributed by atoms with E-state index >= 15 is 0 Å². The number of carbonyl (C=O) groups is 1. The molecule has 0 aliphatic heterocycles. The molecule has 0 saturated heterocycles. The fourth-order valence-corrected chi connectivity index (χ4v) is 2.30. The number of hydrogen-bond acceptors (Lipinski definition) is 5. The number of rotatable bonds is 6. The molecule has 7 nitrogen and oxygen atoms in total. The van der Waals surface area contributed by atoms with Crippen molar-refractivity contribution in [3.8, 4) is 0 Å². The van der Waals surface area contributed by atoms with E-state index in [1.54, 1.807) is 13.2 Å². The van der Waals surface area contributed by atoms with Crippen LogP contribution in [0.4, 0.5) is 11.4 Å². The largest absolute Gasteiger partial charge is 0.399 e. The number of anilines is 1.